The molecule has 0 amide bonds. The van der Waals surface area contributed by atoms with Crippen LogP contribution in [0.4, 0.5) is 0 Å². The predicted octanol–water partition coefficient (Wildman–Crippen LogP) is 3.58. The highest BCUT2D eigenvalue weighted by Gasteiger charge is 2.23. The van der Waals surface area contributed by atoms with Crippen LogP contribution in [0.5, 0.6) is 23.0 Å². The van der Waals surface area contributed by atoms with E-state index in [2.05, 4.69) is 0 Å². The van der Waals surface area contributed by atoms with Gasteiger partial charge in [-0.15, -0.1) is 0 Å². The van der Waals surface area contributed by atoms with Gasteiger partial charge in [-0.1, -0.05) is 24.3 Å². The molecule has 3 rings (SSSR count). The molecule has 0 atom stereocenters. The molecule has 0 aromatic heterocycles. The van der Waals surface area contributed by atoms with Crippen molar-refractivity contribution in [3.05, 3.63) is 48.5 Å². The Morgan fingerprint density at radius 2 is 1.50 bits per heavy atom. The molecule has 1 heterocycles. The van der Waals surface area contributed by atoms with E-state index >= 15 is 0 Å². The lowest BCUT2D eigenvalue weighted by Gasteiger charge is -2.22. The number of hydrogen-bond donors (Lipinski definition) is 0. The van der Waals surface area contributed by atoms with Crippen molar-refractivity contribution in [1.82, 2.24) is 0 Å². The summed E-state index contributed by atoms with van der Waals surface area (Å²) in [6.45, 7) is 0. The molecule has 0 unspecified atom stereocenters. The van der Waals surface area contributed by atoms with E-state index in [1.165, 1.54) is 0 Å². The van der Waals surface area contributed by atoms with Gasteiger partial charge in [0.05, 0.1) is 0 Å². The van der Waals surface area contributed by atoms with Gasteiger partial charge in [0.2, 0.25) is 5.75 Å². The average Bonchev–Trinajstić information content (AvgIpc) is 2.28. The van der Waals surface area contributed by atoms with E-state index in [1.54, 1.807) is 0 Å². The van der Waals surface area contributed by atoms with E-state index in [9.17, 15) is 0 Å². The monoisotopic (exact) mass is 184 g/mol. The Morgan fingerprint density at radius 1 is 0.786 bits per heavy atom. The van der Waals surface area contributed by atoms with Gasteiger partial charge in [-0.25, -0.2) is 0 Å². The predicted molar refractivity (Wildman–Crippen MR) is 53.0 cm³/mol. The first-order chi connectivity index (χ1) is 6.93. The number of para-hydroxylation sites is 2. The lowest BCUT2D eigenvalue weighted by molar-refractivity contribution is 0.344. The van der Waals surface area contributed by atoms with E-state index in [0.717, 1.165) is 23.0 Å². The number of fused-ring (bicyclic) bond motifs is 2. The molecule has 0 spiro atoms. The second-order valence-corrected chi connectivity index (χ2v) is 3.10. The van der Waals surface area contributed by atoms with Crippen molar-refractivity contribution < 1.29 is 9.47 Å². The number of benzene rings is 2. The highest BCUT2D eigenvalue weighted by molar-refractivity contribution is 5.62. The molecule has 0 saturated carbocycles. The zero-order valence-corrected chi connectivity index (χ0v) is 7.44. The third kappa shape index (κ3) is 1.04. The van der Waals surface area contributed by atoms with Crippen LogP contribution in [0.15, 0.2) is 48.5 Å². The first-order valence-electron chi connectivity index (χ1n) is 4.47. The third-order valence-corrected chi connectivity index (χ3v) is 2.13. The quantitative estimate of drug-likeness (QED) is 0.606. The number of rotatable bonds is 2. The molecule has 0 saturated heterocycles. The van der Waals surface area contributed by atoms with Crippen molar-refractivity contribution in [3.8, 4) is 23.0 Å². The minimum absolute atomic E-state index is 0.811. The van der Waals surface area contributed by atoms with Crippen LogP contribution in [0.3, 0.4) is 0 Å². The molecule has 1 aliphatic heterocycles. The van der Waals surface area contributed by atoms with E-state index in [4.69, 9.17) is 9.47 Å². The summed E-state index contributed by atoms with van der Waals surface area (Å²) < 4.78 is 10.9. The summed E-state index contributed by atoms with van der Waals surface area (Å²) in [6, 6.07) is 15.4. The minimum atomic E-state index is 0.811. The van der Waals surface area contributed by atoms with Crippen LogP contribution in [-0.2, 0) is 0 Å². The van der Waals surface area contributed by atoms with Crippen molar-refractivity contribution in [2.24, 2.45) is 0 Å². The minimum Gasteiger partial charge on any atom is -0.449 e. The second-order valence-electron chi connectivity index (χ2n) is 3.10. The Morgan fingerprint density at radius 3 is 2.14 bits per heavy atom. The van der Waals surface area contributed by atoms with Gasteiger partial charge in [0.25, 0.3) is 0 Å². The van der Waals surface area contributed by atoms with Gasteiger partial charge in [-0.2, -0.15) is 0 Å². The summed E-state index contributed by atoms with van der Waals surface area (Å²) in [6.07, 6.45) is 0. The lowest BCUT2D eigenvalue weighted by atomic mass is 10.2. The summed E-state index contributed by atoms with van der Waals surface area (Å²) in [5, 5.41) is 0. The molecule has 2 bridgehead atoms. The van der Waals surface area contributed by atoms with Crippen LogP contribution in [0.1, 0.15) is 0 Å². The topological polar surface area (TPSA) is 18.5 Å². The summed E-state index contributed by atoms with van der Waals surface area (Å²) in [4.78, 5) is 0. The van der Waals surface area contributed by atoms with Gasteiger partial charge >= 0.3 is 0 Å². The molecule has 2 heteroatoms. The van der Waals surface area contributed by atoms with Crippen LogP contribution >= 0.6 is 0 Å². The van der Waals surface area contributed by atoms with E-state index in [-0.39, 0.29) is 0 Å². The van der Waals surface area contributed by atoms with E-state index in [0.29, 0.717) is 0 Å². The third-order valence-electron chi connectivity index (χ3n) is 2.13. The van der Waals surface area contributed by atoms with Crippen molar-refractivity contribution in [3.63, 3.8) is 0 Å². The normalized spacial score (nSPS) is 11.4. The van der Waals surface area contributed by atoms with E-state index < -0.39 is 0 Å². The van der Waals surface area contributed by atoms with Crippen molar-refractivity contribution in [2.45, 2.75) is 0 Å². The molecule has 0 radical (unpaired) electrons. The standard InChI is InChI=1S/C12H8O2/c1-2-5-9(6-3-1)13-12-10-7-4-8-11(12)14-10/h1-8H. The van der Waals surface area contributed by atoms with Gasteiger partial charge < -0.3 is 9.47 Å². The molecule has 68 valence electrons. The molecular weight excluding hydrogens is 176 g/mol. The van der Waals surface area contributed by atoms with Crippen molar-refractivity contribution >= 4 is 0 Å². The molecule has 2 nitrogen and oxygen atoms in total. The highest BCUT2D eigenvalue weighted by atomic mass is 16.6. The van der Waals surface area contributed by atoms with Crippen LogP contribution in [0.25, 0.3) is 0 Å². The first kappa shape index (κ1) is 7.44. The summed E-state index contributed by atoms with van der Waals surface area (Å²) in [7, 11) is 0. The molecule has 0 N–H and O–H groups in total. The lowest BCUT2D eigenvalue weighted by Crippen LogP contribution is -2.00. The summed E-state index contributed by atoms with van der Waals surface area (Å²) >= 11 is 0. The largest absolute Gasteiger partial charge is 0.449 e. The highest BCUT2D eigenvalue weighted by Crippen LogP contribution is 2.51. The molecule has 14 heavy (non-hydrogen) atoms. The Kier molecular flexibility index (Phi) is 1.47. The Hall–Kier alpha value is -1.96. The maximum atomic E-state index is 5.65. The fourth-order valence-corrected chi connectivity index (χ4v) is 1.44. The van der Waals surface area contributed by atoms with Crippen LogP contribution in [-0.4, -0.2) is 0 Å². The fraction of sp³-hybridized carbons (Fsp3) is 0. The van der Waals surface area contributed by atoms with Crippen molar-refractivity contribution in [2.75, 3.05) is 0 Å². The Bertz CT molecular complexity index is 443. The van der Waals surface area contributed by atoms with Gasteiger partial charge in [-0.3, -0.25) is 0 Å². The van der Waals surface area contributed by atoms with Gasteiger partial charge in [0, 0.05) is 0 Å². The van der Waals surface area contributed by atoms with Crippen LogP contribution in [0.2, 0.25) is 0 Å². The van der Waals surface area contributed by atoms with E-state index in [1.807, 2.05) is 48.5 Å². The average molecular weight is 184 g/mol. The molecule has 1 aliphatic rings. The van der Waals surface area contributed by atoms with Crippen LogP contribution < -0.4 is 9.47 Å². The number of ether oxygens (including phenoxy) is 2. The van der Waals surface area contributed by atoms with Crippen LogP contribution in [0, 0.1) is 0 Å². The summed E-state index contributed by atoms with van der Waals surface area (Å²) in [5.41, 5.74) is 0. The number of hydrogen-bond acceptors (Lipinski definition) is 2. The Labute approximate surface area is 81.7 Å². The molecule has 0 aliphatic carbocycles. The Balaban J connectivity index is 1.92. The second kappa shape index (κ2) is 2.77. The molecule has 2 aromatic rings. The van der Waals surface area contributed by atoms with Gasteiger partial charge in [-0.05, 0) is 24.3 Å². The molecular formula is C12H8O2. The zero-order valence-electron chi connectivity index (χ0n) is 7.44. The van der Waals surface area contributed by atoms with Gasteiger partial charge in [0.15, 0.2) is 11.5 Å². The first-order valence-corrected chi connectivity index (χ1v) is 4.47. The summed E-state index contributed by atoms with van der Waals surface area (Å²) in [5.74, 6) is 3.29. The SMILES string of the molecule is c1ccc(Oc2c3cccc2O3)cc1. The van der Waals surface area contributed by atoms with Crippen molar-refractivity contribution in [1.29, 1.82) is 0 Å². The molecule has 0 fully saturated rings. The van der Waals surface area contributed by atoms with Gasteiger partial charge in [0.1, 0.15) is 5.75 Å². The maximum absolute atomic E-state index is 5.65. The zero-order chi connectivity index (χ0) is 9.38. The smallest absolute Gasteiger partial charge is 0.212 e. The maximum Gasteiger partial charge on any atom is 0.212 e. The molecule has 2 aromatic carbocycles. The fourth-order valence-electron chi connectivity index (χ4n) is 1.44.